The Kier molecular flexibility index (Phi) is 6.21. The number of benzene rings is 1. The largest absolute Gasteiger partial charge is 0.481 e. The van der Waals surface area contributed by atoms with Crippen LogP contribution in [0.3, 0.4) is 0 Å². The SMILES string of the molecule is NCc1cc(Oc2cccc(C(=O)NCCCC(=O)O)c2)ncn1. The third-order valence-corrected chi connectivity index (χ3v) is 3.08. The zero-order valence-electron chi connectivity index (χ0n) is 12.9. The topological polar surface area (TPSA) is 127 Å². The molecule has 8 nitrogen and oxygen atoms in total. The van der Waals surface area contributed by atoms with E-state index in [0.717, 1.165) is 0 Å². The minimum Gasteiger partial charge on any atom is -0.481 e. The van der Waals surface area contributed by atoms with E-state index < -0.39 is 5.97 Å². The van der Waals surface area contributed by atoms with Crippen LogP contribution in [0.2, 0.25) is 0 Å². The second kappa shape index (κ2) is 8.59. The van der Waals surface area contributed by atoms with Gasteiger partial charge in [-0.1, -0.05) is 6.07 Å². The van der Waals surface area contributed by atoms with Crippen molar-refractivity contribution in [1.82, 2.24) is 15.3 Å². The van der Waals surface area contributed by atoms with Crippen molar-refractivity contribution in [2.24, 2.45) is 5.73 Å². The molecule has 4 N–H and O–H groups in total. The molecule has 1 heterocycles. The van der Waals surface area contributed by atoms with Crippen LogP contribution in [0.1, 0.15) is 28.9 Å². The predicted octanol–water partition coefficient (Wildman–Crippen LogP) is 1.32. The summed E-state index contributed by atoms with van der Waals surface area (Å²) in [4.78, 5) is 30.4. The number of rotatable bonds is 8. The number of aromatic nitrogens is 2. The molecule has 0 radical (unpaired) electrons. The molecule has 0 aliphatic rings. The molecule has 0 atom stereocenters. The molecule has 0 unspecified atom stereocenters. The van der Waals surface area contributed by atoms with Crippen molar-refractivity contribution in [2.75, 3.05) is 6.54 Å². The second-order valence-corrected chi connectivity index (χ2v) is 4.93. The first kappa shape index (κ1) is 17.4. The van der Waals surface area contributed by atoms with Crippen LogP contribution >= 0.6 is 0 Å². The van der Waals surface area contributed by atoms with Gasteiger partial charge in [0.25, 0.3) is 5.91 Å². The number of aliphatic carboxylic acids is 1. The number of nitrogens with zero attached hydrogens (tertiary/aromatic N) is 2. The molecular formula is C16H18N4O4. The van der Waals surface area contributed by atoms with Gasteiger partial charge in [0.15, 0.2) is 0 Å². The van der Waals surface area contributed by atoms with Crippen LogP contribution in [0.25, 0.3) is 0 Å². The van der Waals surface area contributed by atoms with Crippen LogP contribution in [-0.4, -0.2) is 33.5 Å². The van der Waals surface area contributed by atoms with Gasteiger partial charge in [0, 0.05) is 31.1 Å². The average molecular weight is 330 g/mol. The zero-order valence-corrected chi connectivity index (χ0v) is 12.9. The number of hydrogen-bond acceptors (Lipinski definition) is 6. The fraction of sp³-hybridized carbons (Fsp3) is 0.250. The third-order valence-electron chi connectivity index (χ3n) is 3.08. The Labute approximate surface area is 138 Å². The van der Waals surface area contributed by atoms with Gasteiger partial charge in [-0.2, -0.15) is 0 Å². The minimum absolute atomic E-state index is 0.0145. The van der Waals surface area contributed by atoms with E-state index >= 15 is 0 Å². The lowest BCUT2D eigenvalue weighted by Gasteiger charge is -2.08. The van der Waals surface area contributed by atoms with Crippen molar-refractivity contribution in [1.29, 1.82) is 0 Å². The highest BCUT2D eigenvalue weighted by Crippen LogP contribution is 2.20. The van der Waals surface area contributed by atoms with E-state index in [1.807, 2.05) is 0 Å². The molecule has 1 amide bonds. The maximum Gasteiger partial charge on any atom is 0.303 e. The molecule has 0 saturated carbocycles. The van der Waals surface area contributed by atoms with Crippen LogP contribution in [0.4, 0.5) is 0 Å². The van der Waals surface area contributed by atoms with Gasteiger partial charge >= 0.3 is 5.97 Å². The summed E-state index contributed by atoms with van der Waals surface area (Å²) in [5.74, 6) is -0.392. The number of carbonyl (C=O) groups is 2. The highest BCUT2D eigenvalue weighted by Gasteiger charge is 2.08. The lowest BCUT2D eigenvalue weighted by molar-refractivity contribution is -0.137. The van der Waals surface area contributed by atoms with E-state index in [9.17, 15) is 9.59 Å². The Bertz CT molecular complexity index is 721. The Morgan fingerprint density at radius 2 is 2.08 bits per heavy atom. The first-order chi connectivity index (χ1) is 11.6. The molecule has 2 rings (SSSR count). The molecular weight excluding hydrogens is 312 g/mol. The molecule has 0 aliphatic carbocycles. The molecule has 1 aromatic heterocycles. The maximum atomic E-state index is 12.0. The highest BCUT2D eigenvalue weighted by molar-refractivity contribution is 5.94. The van der Waals surface area contributed by atoms with E-state index in [-0.39, 0.29) is 18.9 Å². The average Bonchev–Trinajstić information content (AvgIpc) is 2.58. The predicted molar refractivity (Wildman–Crippen MR) is 85.6 cm³/mol. The fourth-order valence-corrected chi connectivity index (χ4v) is 1.91. The lowest BCUT2D eigenvalue weighted by atomic mass is 10.2. The summed E-state index contributed by atoms with van der Waals surface area (Å²) in [6.45, 7) is 0.569. The first-order valence-electron chi connectivity index (χ1n) is 7.37. The minimum atomic E-state index is -0.888. The van der Waals surface area contributed by atoms with Gasteiger partial charge in [-0.3, -0.25) is 9.59 Å². The number of carboxylic acid groups (broad SMARTS) is 1. The Morgan fingerprint density at radius 3 is 2.83 bits per heavy atom. The molecule has 0 saturated heterocycles. The molecule has 1 aromatic carbocycles. The second-order valence-electron chi connectivity index (χ2n) is 4.93. The molecule has 2 aromatic rings. The molecule has 0 fully saturated rings. The fourth-order valence-electron chi connectivity index (χ4n) is 1.91. The van der Waals surface area contributed by atoms with Crippen molar-refractivity contribution in [3.8, 4) is 11.6 Å². The van der Waals surface area contributed by atoms with Crippen molar-refractivity contribution in [3.05, 3.63) is 47.9 Å². The van der Waals surface area contributed by atoms with Crippen LogP contribution in [0.15, 0.2) is 36.7 Å². The standard InChI is InChI=1S/C16H18N4O4/c17-9-12-8-14(20-10-19-12)24-13-4-1-3-11(7-13)16(23)18-6-2-5-15(21)22/h1,3-4,7-8,10H,2,5-6,9,17H2,(H,18,23)(H,21,22). The molecule has 0 bridgehead atoms. The highest BCUT2D eigenvalue weighted by atomic mass is 16.5. The van der Waals surface area contributed by atoms with Gasteiger partial charge in [-0.15, -0.1) is 0 Å². The summed E-state index contributed by atoms with van der Waals surface area (Å²) in [6.07, 6.45) is 1.75. The number of amides is 1. The summed E-state index contributed by atoms with van der Waals surface area (Å²) >= 11 is 0. The summed E-state index contributed by atoms with van der Waals surface area (Å²) in [7, 11) is 0. The molecule has 126 valence electrons. The van der Waals surface area contributed by atoms with E-state index in [2.05, 4.69) is 15.3 Å². The van der Waals surface area contributed by atoms with Gasteiger partial charge in [0.05, 0.1) is 5.69 Å². The summed E-state index contributed by atoms with van der Waals surface area (Å²) < 4.78 is 5.60. The van der Waals surface area contributed by atoms with Crippen molar-refractivity contribution >= 4 is 11.9 Å². The van der Waals surface area contributed by atoms with Gasteiger partial charge < -0.3 is 20.9 Å². The third kappa shape index (κ3) is 5.33. The monoisotopic (exact) mass is 330 g/mol. The quantitative estimate of drug-likeness (QED) is 0.623. The van der Waals surface area contributed by atoms with Gasteiger partial charge in [0.2, 0.25) is 5.88 Å². The molecule has 8 heteroatoms. The number of nitrogens with two attached hydrogens (primary N) is 1. The number of ether oxygens (including phenoxy) is 1. The smallest absolute Gasteiger partial charge is 0.303 e. The van der Waals surface area contributed by atoms with E-state index in [1.54, 1.807) is 30.3 Å². The molecule has 0 aliphatic heterocycles. The van der Waals surface area contributed by atoms with E-state index in [4.69, 9.17) is 15.6 Å². The van der Waals surface area contributed by atoms with Gasteiger partial charge in [-0.05, 0) is 24.6 Å². The maximum absolute atomic E-state index is 12.0. The Morgan fingerprint density at radius 1 is 1.25 bits per heavy atom. The molecule has 24 heavy (non-hydrogen) atoms. The normalized spacial score (nSPS) is 10.2. The van der Waals surface area contributed by atoms with Crippen molar-refractivity contribution < 1.29 is 19.4 Å². The summed E-state index contributed by atoms with van der Waals surface area (Å²) in [5, 5.41) is 11.2. The number of carbonyl (C=O) groups excluding carboxylic acids is 1. The van der Waals surface area contributed by atoms with E-state index in [1.165, 1.54) is 6.33 Å². The number of carboxylic acids is 1. The number of hydrogen-bond donors (Lipinski definition) is 3. The molecule has 0 spiro atoms. The van der Waals surface area contributed by atoms with Crippen LogP contribution in [0.5, 0.6) is 11.6 Å². The Balaban J connectivity index is 1.97. The Hall–Kier alpha value is -3.00. The zero-order chi connectivity index (χ0) is 17.4. The van der Waals surface area contributed by atoms with E-state index in [0.29, 0.717) is 35.9 Å². The van der Waals surface area contributed by atoms with Crippen molar-refractivity contribution in [3.63, 3.8) is 0 Å². The van der Waals surface area contributed by atoms with Gasteiger partial charge in [0.1, 0.15) is 12.1 Å². The van der Waals surface area contributed by atoms with Gasteiger partial charge in [-0.25, -0.2) is 9.97 Å². The number of nitrogens with one attached hydrogen (secondary N) is 1. The van der Waals surface area contributed by atoms with Crippen molar-refractivity contribution in [2.45, 2.75) is 19.4 Å². The lowest BCUT2D eigenvalue weighted by Crippen LogP contribution is -2.24. The first-order valence-corrected chi connectivity index (χ1v) is 7.37. The van der Waals surface area contributed by atoms with Crippen LogP contribution in [0, 0.1) is 0 Å². The summed E-state index contributed by atoms with van der Waals surface area (Å²) in [5.41, 5.74) is 6.58. The summed E-state index contributed by atoms with van der Waals surface area (Å²) in [6, 6.07) is 8.23. The van der Waals surface area contributed by atoms with Crippen LogP contribution < -0.4 is 15.8 Å². The van der Waals surface area contributed by atoms with Crippen LogP contribution in [-0.2, 0) is 11.3 Å².